The van der Waals surface area contributed by atoms with Crippen LogP contribution in [0.5, 0.6) is 0 Å². The lowest BCUT2D eigenvalue weighted by molar-refractivity contribution is -0.400. The van der Waals surface area contributed by atoms with Crippen LogP contribution in [-0.2, 0) is 60.6 Å². The lowest BCUT2D eigenvalue weighted by Gasteiger charge is -2.52. The van der Waals surface area contributed by atoms with Gasteiger partial charge in [-0.2, -0.15) is 0 Å². The van der Waals surface area contributed by atoms with Crippen molar-refractivity contribution in [3.8, 4) is 0 Å². The van der Waals surface area contributed by atoms with Gasteiger partial charge in [0.05, 0.1) is 50.8 Å². The van der Waals surface area contributed by atoms with Crippen LogP contribution >= 0.6 is 0 Å². The van der Waals surface area contributed by atoms with E-state index in [4.69, 9.17) is 47.4 Å². The van der Waals surface area contributed by atoms with Crippen molar-refractivity contribution in [2.24, 2.45) is 17.8 Å². The van der Waals surface area contributed by atoms with E-state index in [2.05, 4.69) is 6.92 Å². The molecular weight excluding hydrogens is 708 g/mol. The number of aliphatic hydroxyl groups excluding tert-OH is 2. The van der Waals surface area contributed by atoms with Crippen molar-refractivity contribution < 1.29 is 57.6 Å². The molecule has 4 saturated heterocycles. The first-order valence-electron chi connectivity index (χ1n) is 19.5. The van der Waals surface area contributed by atoms with Crippen molar-refractivity contribution in [2.75, 3.05) is 20.3 Å². The second-order valence-corrected chi connectivity index (χ2v) is 15.2. The van der Waals surface area contributed by atoms with E-state index in [1.807, 2.05) is 112 Å². The van der Waals surface area contributed by atoms with Crippen LogP contribution in [0.1, 0.15) is 50.7 Å². The van der Waals surface area contributed by atoms with Gasteiger partial charge in [-0.3, -0.25) is 0 Å². The van der Waals surface area contributed by atoms with Gasteiger partial charge in [0.2, 0.25) is 0 Å². The highest BCUT2D eigenvalue weighted by atomic mass is 16.8. The van der Waals surface area contributed by atoms with E-state index in [-0.39, 0.29) is 24.5 Å². The van der Waals surface area contributed by atoms with Gasteiger partial charge < -0.3 is 57.6 Å². The Bertz CT molecular complexity index is 1570. The molecule has 0 amide bonds. The smallest absolute Gasteiger partial charge is 0.187 e. The molecule has 300 valence electrons. The van der Waals surface area contributed by atoms with E-state index >= 15 is 0 Å². The van der Waals surface area contributed by atoms with Gasteiger partial charge in [0.1, 0.15) is 30.5 Å². The fraction of sp³-hybridized carbons (Fsp3) is 0.581. The molecule has 4 heterocycles. The summed E-state index contributed by atoms with van der Waals surface area (Å²) in [7, 11) is 1.52. The van der Waals surface area contributed by atoms with Gasteiger partial charge in [0, 0.05) is 30.4 Å². The molecule has 4 aliphatic rings. The number of ether oxygens (including phenoxy) is 10. The Hall–Kier alpha value is -2.82. The molecule has 12 heteroatoms. The molecule has 0 saturated carbocycles. The number of benzene rings is 3. The van der Waals surface area contributed by atoms with Crippen molar-refractivity contribution in [1.29, 1.82) is 0 Å². The predicted octanol–water partition coefficient (Wildman–Crippen LogP) is 5.14. The number of hydrogen-bond acceptors (Lipinski definition) is 12. The summed E-state index contributed by atoms with van der Waals surface area (Å²) in [4.78, 5) is 0. The van der Waals surface area contributed by atoms with Gasteiger partial charge in [-0.05, 0) is 18.1 Å². The maximum Gasteiger partial charge on any atom is 0.187 e. The van der Waals surface area contributed by atoms with E-state index in [0.29, 0.717) is 13.2 Å². The molecule has 55 heavy (non-hydrogen) atoms. The van der Waals surface area contributed by atoms with Crippen LogP contribution in [-0.4, -0.2) is 104 Å². The first-order valence-corrected chi connectivity index (χ1v) is 19.5. The van der Waals surface area contributed by atoms with Gasteiger partial charge in [-0.1, -0.05) is 112 Å². The van der Waals surface area contributed by atoms with Crippen molar-refractivity contribution in [1.82, 2.24) is 0 Å². The molecule has 0 bridgehead atoms. The number of methoxy groups -OCH3 is 1. The normalized spacial score (nSPS) is 39.3. The Labute approximate surface area is 323 Å². The highest BCUT2D eigenvalue weighted by Crippen LogP contribution is 2.42. The molecule has 12 nitrogen and oxygen atoms in total. The summed E-state index contributed by atoms with van der Waals surface area (Å²) in [5, 5.41) is 21.5. The molecule has 0 spiro atoms. The van der Waals surface area contributed by atoms with Crippen molar-refractivity contribution in [3.05, 3.63) is 108 Å². The Morgan fingerprint density at radius 1 is 0.618 bits per heavy atom. The Morgan fingerprint density at radius 2 is 1.20 bits per heavy atom. The SMILES string of the molecule is CO[C@H]1OC(CO)[C@H](O)[C@H](O[C@@H]2OC3COC(c4ccccc4)O[C@@H]3[C@H](C)C2O[C@@H]2OC(C)[C@@H](C)[C@H](OCc3ccccc3)C2OCc2ccccc2)C1C. The molecule has 3 aromatic carbocycles. The summed E-state index contributed by atoms with van der Waals surface area (Å²) in [6.07, 6.45) is -9.15. The summed E-state index contributed by atoms with van der Waals surface area (Å²) in [5.41, 5.74) is 2.95. The number of aliphatic hydroxyl groups is 2. The van der Waals surface area contributed by atoms with Crippen LogP contribution in [0.25, 0.3) is 0 Å². The van der Waals surface area contributed by atoms with Crippen LogP contribution in [0.4, 0.5) is 0 Å². The Kier molecular flexibility index (Phi) is 13.7. The third-order valence-corrected chi connectivity index (χ3v) is 11.5. The molecule has 0 aromatic heterocycles. The predicted molar refractivity (Wildman–Crippen MR) is 199 cm³/mol. The van der Waals surface area contributed by atoms with Crippen molar-refractivity contribution >= 4 is 0 Å². The maximum atomic E-state index is 11.4. The lowest BCUT2D eigenvalue weighted by Crippen LogP contribution is -2.64. The topological polar surface area (TPSA) is 133 Å². The third-order valence-electron chi connectivity index (χ3n) is 11.5. The van der Waals surface area contributed by atoms with E-state index in [0.717, 1.165) is 16.7 Å². The summed E-state index contributed by atoms with van der Waals surface area (Å²) >= 11 is 0. The number of fused-ring (bicyclic) bond motifs is 1. The van der Waals surface area contributed by atoms with Gasteiger partial charge in [0.25, 0.3) is 0 Å². The first kappa shape index (κ1) is 40.4. The van der Waals surface area contributed by atoms with Crippen molar-refractivity contribution in [2.45, 2.75) is 121 Å². The average Bonchev–Trinajstić information content (AvgIpc) is 3.22. The molecule has 16 atom stereocenters. The van der Waals surface area contributed by atoms with E-state index in [1.54, 1.807) is 0 Å². The quantitative estimate of drug-likeness (QED) is 0.239. The van der Waals surface area contributed by atoms with Crippen LogP contribution < -0.4 is 0 Å². The Morgan fingerprint density at radius 3 is 1.82 bits per heavy atom. The summed E-state index contributed by atoms with van der Waals surface area (Å²) in [6, 6.07) is 29.8. The third kappa shape index (κ3) is 9.17. The van der Waals surface area contributed by atoms with Gasteiger partial charge in [-0.15, -0.1) is 0 Å². The summed E-state index contributed by atoms with van der Waals surface area (Å²) in [5.74, 6) is -0.772. The van der Waals surface area contributed by atoms with Crippen LogP contribution in [0.3, 0.4) is 0 Å². The molecule has 0 radical (unpaired) electrons. The molecule has 0 aliphatic carbocycles. The summed E-state index contributed by atoms with van der Waals surface area (Å²) < 4.78 is 64.9. The molecule has 4 fully saturated rings. The van der Waals surface area contributed by atoms with Crippen LogP contribution in [0.2, 0.25) is 0 Å². The van der Waals surface area contributed by atoms with E-state index < -0.39 is 86.5 Å². The maximum absolute atomic E-state index is 11.4. The zero-order valence-electron chi connectivity index (χ0n) is 32.2. The van der Waals surface area contributed by atoms with Crippen LogP contribution in [0, 0.1) is 17.8 Å². The number of rotatable bonds is 13. The fourth-order valence-electron chi connectivity index (χ4n) is 8.08. The average molecular weight is 765 g/mol. The van der Waals surface area contributed by atoms with E-state index in [9.17, 15) is 10.2 Å². The molecule has 4 aliphatic heterocycles. The minimum absolute atomic E-state index is 0.0362. The van der Waals surface area contributed by atoms with Gasteiger partial charge in [-0.25, -0.2) is 0 Å². The highest BCUT2D eigenvalue weighted by molar-refractivity contribution is 5.17. The molecular formula is C43H56O12. The fourth-order valence-corrected chi connectivity index (χ4v) is 8.08. The lowest BCUT2D eigenvalue weighted by atomic mass is 9.88. The van der Waals surface area contributed by atoms with Crippen molar-refractivity contribution in [3.63, 3.8) is 0 Å². The monoisotopic (exact) mass is 764 g/mol. The zero-order chi connectivity index (χ0) is 38.5. The van der Waals surface area contributed by atoms with Gasteiger partial charge in [0.15, 0.2) is 25.2 Å². The highest BCUT2D eigenvalue weighted by Gasteiger charge is 2.55. The molecule has 2 N–H and O–H groups in total. The second kappa shape index (κ2) is 18.6. The zero-order valence-corrected chi connectivity index (χ0v) is 32.2. The largest absolute Gasteiger partial charge is 0.394 e. The molecule has 7 unspecified atom stereocenters. The summed E-state index contributed by atoms with van der Waals surface area (Å²) in [6.45, 7) is 8.57. The minimum Gasteiger partial charge on any atom is -0.394 e. The first-order chi connectivity index (χ1) is 26.7. The van der Waals surface area contributed by atoms with Gasteiger partial charge >= 0.3 is 0 Å². The standard InChI is InChI=1S/C43H56O12/c1-25-28(4)50-43(39(48-23-30-17-11-7-12-18-30)37(25)47-22-29-15-9-6-10-16-29)55-38-26(2)35-33(24-49-41(53-35)31-19-13-8-14-20-31)52-42(38)54-36-27(3)40(46-5)51-32(21-44)34(36)45/h6-20,25-28,32-45H,21-24H2,1-5H3/t25-,26+,27?,28?,32?,33?,34+,35-,36-,37+,38?,39?,40+,41?,42+,43+/m1/s1. The Balaban J connectivity index is 1.19. The minimum atomic E-state index is -1.17. The second-order valence-electron chi connectivity index (χ2n) is 15.2. The number of hydrogen-bond donors (Lipinski definition) is 2. The van der Waals surface area contributed by atoms with E-state index in [1.165, 1.54) is 7.11 Å². The molecule has 7 rings (SSSR count). The molecule has 3 aromatic rings. The van der Waals surface area contributed by atoms with Crippen LogP contribution in [0.15, 0.2) is 91.0 Å².